The van der Waals surface area contributed by atoms with Gasteiger partial charge in [0.2, 0.25) is 5.88 Å². The summed E-state index contributed by atoms with van der Waals surface area (Å²) < 4.78 is 16.0. The van der Waals surface area contributed by atoms with Gasteiger partial charge in [-0.25, -0.2) is 4.79 Å². The van der Waals surface area contributed by atoms with Crippen LogP contribution in [0.2, 0.25) is 0 Å². The molecule has 0 saturated carbocycles. The highest BCUT2D eigenvalue weighted by Crippen LogP contribution is 2.44. The van der Waals surface area contributed by atoms with E-state index in [1.165, 1.54) is 6.92 Å². The molecule has 1 heterocycles. The Labute approximate surface area is 177 Å². The average Bonchev–Trinajstić information content (AvgIpc) is 2.66. The number of carbonyl (C=O) groups excluding carboxylic acids is 2. The number of hydrogen-bond acceptors (Lipinski definition) is 7. The van der Waals surface area contributed by atoms with Crippen molar-refractivity contribution in [2.45, 2.75) is 61.0 Å². The van der Waals surface area contributed by atoms with E-state index < -0.39 is 11.9 Å². The standard InChI is InChI=1S/C23H28N2O5/c1-8-28-23(27)20-15(6)30-22(25)17(9-24)21(20)19-13(4)11(2)18(10-29-16(7)26)12(3)14(19)5/h21H,8,10,25H2,1-7H3. The minimum atomic E-state index is -0.706. The van der Waals surface area contributed by atoms with Crippen LogP contribution in [0.3, 0.4) is 0 Å². The summed E-state index contributed by atoms with van der Waals surface area (Å²) in [4.78, 5) is 24.1. The smallest absolute Gasteiger partial charge is 0.338 e. The van der Waals surface area contributed by atoms with E-state index in [1.807, 2.05) is 27.7 Å². The second kappa shape index (κ2) is 9.04. The van der Waals surface area contributed by atoms with E-state index in [0.29, 0.717) is 5.76 Å². The monoisotopic (exact) mass is 412 g/mol. The molecule has 160 valence electrons. The zero-order valence-corrected chi connectivity index (χ0v) is 18.6. The normalized spacial score (nSPS) is 16.1. The first-order valence-corrected chi connectivity index (χ1v) is 9.74. The maximum absolute atomic E-state index is 12.8. The van der Waals surface area contributed by atoms with Gasteiger partial charge in [-0.05, 0) is 74.9 Å². The van der Waals surface area contributed by atoms with Crippen LogP contribution in [0.1, 0.15) is 60.1 Å². The molecule has 1 unspecified atom stereocenters. The second-order valence-electron chi connectivity index (χ2n) is 7.29. The Morgan fingerprint density at radius 3 is 2.10 bits per heavy atom. The molecule has 1 aliphatic rings. The van der Waals surface area contributed by atoms with Crippen LogP contribution in [0, 0.1) is 39.0 Å². The Balaban J connectivity index is 2.80. The number of benzene rings is 1. The topological polar surface area (TPSA) is 112 Å². The minimum absolute atomic E-state index is 0.0221. The molecule has 0 bridgehead atoms. The maximum Gasteiger partial charge on any atom is 0.338 e. The first-order valence-electron chi connectivity index (χ1n) is 9.74. The lowest BCUT2D eigenvalue weighted by atomic mass is 9.76. The van der Waals surface area contributed by atoms with Crippen molar-refractivity contribution in [3.05, 3.63) is 56.2 Å². The van der Waals surface area contributed by atoms with E-state index in [1.54, 1.807) is 13.8 Å². The third-order valence-electron chi connectivity index (χ3n) is 5.65. The molecule has 0 aromatic heterocycles. The Morgan fingerprint density at radius 2 is 1.63 bits per heavy atom. The highest BCUT2D eigenvalue weighted by Gasteiger charge is 2.38. The van der Waals surface area contributed by atoms with Crippen molar-refractivity contribution < 1.29 is 23.8 Å². The number of nitriles is 1. The van der Waals surface area contributed by atoms with Crippen LogP contribution in [0.4, 0.5) is 0 Å². The number of esters is 2. The largest absolute Gasteiger partial charge is 0.463 e. The van der Waals surface area contributed by atoms with Gasteiger partial charge in [0.15, 0.2) is 0 Å². The first kappa shape index (κ1) is 23.0. The van der Waals surface area contributed by atoms with Crippen molar-refractivity contribution in [1.82, 2.24) is 0 Å². The SMILES string of the molecule is CCOC(=O)C1=C(C)OC(N)=C(C#N)C1c1c(C)c(C)c(COC(C)=O)c(C)c1C. The van der Waals surface area contributed by atoms with Gasteiger partial charge in [-0.2, -0.15) is 5.26 Å². The van der Waals surface area contributed by atoms with Crippen LogP contribution in [-0.4, -0.2) is 18.5 Å². The van der Waals surface area contributed by atoms with Crippen molar-refractivity contribution in [1.29, 1.82) is 5.26 Å². The number of rotatable bonds is 5. The van der Waals surface area contributed by atoms with Crippen molar-refractivity contribution in [3.8, 4) is 6.07 Å². The lowest BCUT2D eigenvalue weighted by Crippen LogP contribution is -2.27. The molecular weight excluding hydrogens is 384 g/mol. The van der Waals surface area contributed by atoms with E-state index in [9.17, 15) is 14.9 Å². The molecule has 1 aromatic rings. The van der Waals surface area contributed by atoms with Gasteiger partial charge in [-0.1, -0.05) is 0 Å². The number of hydrogen-bond donors (Lipinski definition) is 1. The van der Waals surface area contributed by atoms with Gasteiger partial charge in [-0.3, -0.25) is 4.79 Å². The zero-order chi connectivity index (χ0) is 22.7. The van der Waals surface area contributed by atoms with Crippen molar-refractivity contribution in [3.63, 3.8) is 0 Å². The van der Waals surface area contributed by atoms with Crippen molar-refractivity contribution >= 4 is 11.9 Å². The van der Waals surface area contributed by atoms with Crippen LogP contribution in [0.15, 0.2) is 22.8 Å². The highest BCUT2D eigenvalue weighted by atomic mass is 16.5. The number of allylic oxidation sites excluding steroid dienone is 2. The van der Waals surface area contributed by atoms with Gasteiger partial charge in [0.1, 0.15) is 24.0 Å². The van der Waals surface area contributed by atoms with Crippen LogP contribution in [-0.2, 0) is 30.4 Å². The fourth-order valence-electron chi connectivity index (χ4n) is 3.89. The van der Waals surface area contributed by atoms with Crippen molar-refractivity contribution in [2.75, 3.05) is 6.61 Å². The molecular formula is C23H28N2O5. The lowest BCUT2D eigenvalue weighted by molar-refractivity contribution is -0.142. The van der Waals surface area contributed by atoms with E-state index in [-0.39, 0.29) is 36.2 Å². The molecule has 0 radical (unpaired) electrons. The summed E-state index contributed by atoms with van der Waals surface area (Å²) in [6.45, 7) is 12.8. The van der Waals surface area contributed by atoms with Crippen LogP contribution in [0.25, 0.3) is 0 Å². The minimum Gasteiger partial charge on any atom is -0.463 e. The summed E-state index contributed by atoms with van der Waals surface area (Å²) in [5.41, 5.74) is 11.8. The van der Waals surface area contributed by atoms with Crippen LogP contribution in [0.5, 0.6) is 0 Å². The van der Waals surface area contributed by atoms with Crippen LogP contribution < -0.4 is 5.73 Å². The molecule has 2 N–H and O–H groups in total. The number of nitrogens with zero attached hydrogens (tertiary/aromatic N) is 1. The quantitative estimate of drug-likeness (QED) is 0.735. The number of ether oxygens (including phenoxy) is 3. The molecule has 0 amide bonds. The Bertz CT molecular complexity index is 982. The van der Waals surface area contributed by atoms with Gasteiger partial charge >= 0.3 is 11.9 Å². The Kier molecular flexibility index (Phi) is 6.93. The maximum atomic E-state index is 12.8. The third-order valence-corrected chi connectivity index (χ3v) is 5.65. The lowest BCUT2D eigenvalue weighted by Gasteiger charge is -2.31. The summed E-state index contributed by atoms with van der Waals surface area (Å²) in [5, 5.41) is 9.83. The van der Waals surface area contributed by atoms with Crippen molar-refractivity contribution in [2.24, 2.45) is 5.73 Å². The molecule has 30 heavy (non-hydrogen) atoms. The summed E-state index contributed by atoms with van der Waals surface area (Å²) in [7, 11) is 0. The van der Waals surface area contributed by atoms with Gasteiger partial charge < -0.3 is 19.9 Å². The summed E-state index contributed by atoms with van der Waals surface area (Å²) in [5.74, 6) is -1.32. The van der Waals surface area contributed by atoms with E-state index in [4.69, 9.17) is 19.9 Å². The Hall–Kier alpha value is -3.27. The van der Waals surface area contributed by atoms with Crippen LogP contribution >= 0.6 is 0 Å². The fourth-order valence-corrected chi connectivity index (χ4v) is 3.89. The fraction of sp³-hybridized carbons (Fsp3) is 0.435. The molecule has 7 nitrogen and oxygen atoms in total. The molecule has 1 aromatic carbocycles. The second-order valence-corrected chi connectivity index (χ2v) is 7.29. The molecule has 1 atom stereocenters. The predicted molar refractivity (Wildman–Crippen MR) is 111 cm³/mol. The highest BCUT2D eigenvalue weighted by molar-refractivity contribution is 5.93. The first-order chi connectivity index (χ1) is 14.1. The average molecular weight is 412 g/mol. The molecule has 0 spiro atoms. The van der Waals surface area contributed by atoms with Gasteiger partial charge in [0.25, 0.3) is 0 Å². The molecule has 1 aliphatic heterocycles. The van der Waals surface area contributed by atoms with E-state index in [0.717, 1.165) is 33.4 Å². The number of nitrogens with two attached hydrogens (primary N) is 1. The molecule has 0 fully saturated rings. The summed E-state index contributed by atoms with van der Waals surface area (Å²) in [6.07, 6.45) is 0. The van der Waals surface area contributed by atoms with E-state index >= 15 is 0 Å². The molecule has 0 aliphatic carbocycles. The van der Waals surface area contributed by atoms with Gasteiger partial charge in [-0.15, -0.1) is 0 Å². The van der Waals surface area contributed by atoms with Gasteiger partial charge in [0, 0.05) is 6.92 Å². The molecule has 2 rings (SSSR count). The predicted octanol–water partition coefficient (Wildman–Crippen LogP) is 3.63. The molecule has 0 saturated heterocycles. The zero-order valence-electron chi connectivity index (χ0n) is 18.6. The molecule has 7 heteroatoms. The summed E-state index contributed by atoms with van der Waals surface area (Å²) >= 11 is 0. The summed E-state index contributed by atoms with van der Waals surface area (Å²) in [6, 6.07) is 2.12. The number of carbonyl (C=O) groups is 2. The van der Waals surface area contributed by atoms with Gasteiger partial charge in [0.05, 0.1) is 18.1 Å². The Morgan fingerprint density at radius 1 is 1.07 bits per heavy atom. The third kappa shape index (κ3) is 4.04. The van der Waals surface area contributed by atoms with E-state index in [2.05, 4.69) is 6.07 Å².